The molecule has 0 saturated heterocycles. The van der Waals surface area contributed by atoms with E-state index in [0.717, 1.165) is 98.3 Å². The molecule has 0 unspecified atom stereocenters. The van der Waals surface area contributed by atoms with Crippen LogP contribution in [0, 0.1) is 0 Å². The molecule has 0 radical (unpaired) electrons. The number of hydrogen-bond donors (Lipinski definition) is 9. The highest BCUT2D eigenvalue weighted by molar-refractivity contribution is 8.77. The lowest BCUT2D eigenvalue weighted by Gasteiger charge is -2.25. The van der Waals surface area contributed by atoms with Crippen LogP contribution in [0.25, 0.3) is 0 Å². The van der Waals surface area contributed by atoms with Crippen LogP contribution in [0.1, 0.15) is 168 Å². The van der Waals surface area contributed by atoms with Crippen LogP contribution in [0.4, 0.5) is 4.79 Å². The average Bonchev–Trinajstić information content (AvgIpc) is 0.840. The first-order valence-corrected chi connectivity index (χ1v) is 51.8. The summed E-state index contributed by atoms with van der Waals surface area (Å²) in [6.45, 7) is 21.9. The van der Waals surface area contributed by atoms with Crippen LogP contribution < -0.4 is 58.4 Å². The van der Waals surface area contributed by atoms with Gasteiger partial charge in [0, 0.05) is 141 Å². The van der Waals surface area contributed by atoms with Crippen molar-refractivity contribution in [1.29, 1.82) is 0 Å². The minimum atomic E-state index is -1.33. The molecule has 0 bridgehead atoms. The number of hydrogen-bond acceptors (Lipinski definition) is 24. The van der Waals surface area contributed by atoms with Crippen LogP contribution in [0.15, 0.2) is 219 Å². The number of aliphatic carboxylic acids is 1. The predicted molar refractivity (Wildman–Crippen MR) is 537 cm³/mol. The molecule has 6 rings (SSSR count). The van der Waals surface area contributed by atoms with Gasteiger partial charge < -0.3 is 68.3 Å². The lowest BCUT2D eigenvalue weighted by atomic mass is 10.0. The second-order valence-electron chi connectivity index (χ2n) is 28.9. The summed E-state index contributed by atoms with van der Waals surface area (Å²) in [5, 5.41) is 22.2. The van der Waals surface area contributed by atoms with E-state index in [1.54, 1.807) is 260 Å². The first-order chi connectivity index (χ1) is 59.7. The van der Waals surface area contributed by atoms with E-state index in [4.69, 9.17) is 81.8 Å². The minimum absolute atomic E-state index is 0.0578. The summed E-state index contributed by atoms with van der Waals surface area (Å²) in [7, 11) is 13.5. The van der Waals surface area contributed by atoms with Crippen molar-refractivity contribution in [3.63, 3.8) is 0 Å². The molecule has 6 aromatic carbocycles. The van der Waals surface area contributed by atoms with E-state index in [2.05, 4.69) is 101 Å². The van der Waals surface area contributed by atoms with Gasteiger partial charge in [0.05, 0.1) is 5.88 Å². The van der Waals surface area contributed by atoms with E-state index in [9.17, 15) is 38.4 Å². The lowest BCUT2D eigenvalue weighted by Crippen LogP contribution is -2.47. The molecule has 0 aliphatic rings. The smallest absolute Gasteiger partial charge is 0.408 e. The van der Waals surface area contributed by atoms with Gasteiger partial charge in [-0.3, -0.25) is 28.8 Å². The normalized spacial score (nSPS) is 11.5. The van der Waals surface area contributed by atoms with Crippen molar-refractivity contribution in [2.24, 2.45) is 22.9 Å². The molecule has 125 heavy (non-hydrogen) atoms. The molecule has 0 fully saturated rings. The number of nitrogens with one attached hydrogen (secondary N) is 4. The highest BCUT2D eigenvalue weighted by Crippen LogP contribution is 2.28. The highest BCUT2D eigenvalue weighted by atomic mass is 35.5. The second kappa shape index (κ2) is 68.0. The van der Waals surface area contributed by atoms with Crippen LogP contribution in [0.2, 0.25) is 15.1 Å². The third-order valence-electron chi connectivity index (χ3n) is 15.8. The van der Waals surface area contributed by atoms with Crippen molar-refractivity contribution in [3.8, 4) is 17.2 Å². The summed E-state index contributed by atoms with van der Waals surface area (Å²) in [5.41, 5.74) is 20.5. The quantitative estimate of drug-likeness (QED) is 0.00563. The molecule has 0 atom stereocenters. The van der Waals surface area contributed by atoms with Crippen molar-refractivity contribution in [3.05, 3.63) is 267 Å². The van der Waals surface area contributed by atoms with E-state index in [-0.39, 0.29) is 41.2 Å². The van der Waals surface area contributed by atoms with Gasteiger partial charge in [-0.2, -0.15) is 0 Å². The molecule has 0 aliphatic carbocycles. The topological polar surface area (TPSA) is 346 Å². The van der Waals surface area contributed by atoms with E-state index in [1.807, 2.05) is 20.8 Å². The molecular formula is C93H125Cl3N8O13S8. The fourth-order valence-electron chi connectivity index (χ4n) is 9.41. The third kappa shape index (κ3) is 55.3. The molecule has 32 heteroatoms. The molecule has 21 nitrogen and oxygen atoms in total. The molecule has 0 aliphatic heterocycles. The first kappa shape index (κ1) is 114. The van der Waals surface area contributed by atoms with Crippen molar-refractivity contribution in [1.82, 2.24) is 21.3 Å². The largest absolute Gasteiger partial charge is 0.478 e. The molecule has 0 heterocycles. The Labute approximate surface area is 787 Å². The Morgan fingerprint density at radius 1 is 0.352 bits per heavy atom. The summed E-state index contributed by atoms with van der Waals surface area (Å²) < 4.78 is 22.2. The van der Waals surface area contributed by atoms with Crippen LogP contribution in [-0.2, 0) is 23.9 Å². The van der Waals surface area contributed by atoms with Gasteiger partial charge in [-0.05, 0) is 253 Å². The van der Waals surface area contributed by atoms with E-state index in [0.29, 0.717) is 111 Å². The third-order valence-corrected chi connectivity index (χ3v) is 26.1. The van der Waals surface area contributed by atoms with Crippen molar-refractivity contribution >= 4 is 168 Å². The standard InChI is InChI=1S/C43H55ClN2O4S2.C21H25ClN2O3S2.C17H15ClO4.C8H18N2O2S2.C4H12N2S2/c1-4-5-6-7-8-9-10-11-12-13-14-15-16-17-18-19-20-21-22-23-40(47)45-32-34-51-52-35-33-46-42(49)43(2,3)50-39-30-26-37(27-31-39)41(48)36-24-28-38(44)29-25-36;1-21(2,20(26)24-12-14-29-28-13-11-23)27-18-9-5-16(6-10-18)19(25)15-3-7-17(22)8-4-15;1-17(2,16(20)21)22-14-9-5-12(6-10-14)15(19)11-3-7-13(18)8-4-11;1-8(2,3)12-7(11)10-6-14-13-5-4-9;5-1-3-7-8-4-2-6/h5-6,8-9,11-12,14-15,17-18,20-21,24-31H,4,7,10,13,16,19,22-23,32-35H2,1-3H3,(H,45,47)(H,46,49);3-10H,11-14,23H2,1-2H3,(H,24,26);3-10H,1-2H3,(H,20,21);4-6,9H2,1-3H3,(H,10,11);1-6H2/b6-5-,9-8-,12-11-,15-14-,18-17-,21-20-;;;;. The number of carbonyl (C=O) groups is 8. The fraction of sp³-hybridized carbons (Fsp3) is 0.398. The zero-order chi connectivity index (χ0) is 92.6. The monoisotopic (exact) mass is 1920 g/mol. The van der Waals surface area contributed by atoms with Gasteiger partial charge in [0.1, 0.15) is 22.8 Å². The SMILES string of the molecule is CC(C)(C)OC(=O)NCSSCCN.CC(C)(Oc1ccc(C(=O)c2ccc(Cl)cc2)cc1)C(=O)NCCSSCCN.CC(C)(Oc1ccc(C(=O)c2ccc(Cl)cc2)cc1)C(=O)O.CC/C=C\C/C=C\C/C=C\C/C=C\C/C=C\C/C=C\CCC(=O)NCCSSCCNC(=O)C(C)(C)Oc1ccc(C(=O)c2ccc(Cl)cc2)cc1.NCCSSCCN. The Morgan fingerprint density at radius 2 is 0.616 bits per heavy atom. The van der Waals surface area contributed by atoms with Crippen molar-refractivity contribution < 1.29 is 62.4 Å². The number of benzene rings is 6. The van der Waals surface area contributed by atoms with Gasteiger partial charge in [-0.15, -0.1) is 0 Å². The van der Waals surface area contributed by atoms with Crippen molar-refractivity contribution in [2.75, 3.05) is 92.0 Å². The minimum Gasteiger partial charge on any atom is -0.478 e. The predicted octanol–water partition coefficient (Wildman–Crippen LogP) is 20.9. The van der Waals surface area contributed by atoms with Crippen LogP contribution >= 0.6 is 121 Å². The molecular weight excluding hydrogens is 1800 g/mol. The Hall–Kier alpha value is -7.17. The molecule has 13 N–H and O–H groups in total. The Bertz CT molecular complexity index is 4270. The average molecular weight is 1930 g/mol. The summed E-state index contributed by atoms with van der Waals surface area (Å²) in [6, 6.07) is 40.0. The highest BCUT2D eigenvalue weighted by Gasteiger charge is 2.32. The van der Waals surface area contributed by atoms with Gasteiger partial charge in [0.2, 0.25) is 5.91 Å². The number of carbonyl (C=O) groups excluding carboxylic acids is 7. The molecule has 0 aromatic heterocycles. The van der Waals surface area contributed by atoms with Gasteiger partial charge in [0.15, 0.2) is 34.2 Å². The van der Waals surface area contributed by atoms with Crippen molar-refractivity contribution in [2.45, 2.75) is 143 Å². The molecule has 0 spiro atoms. The summed E-state index contributed by atoms with van der Waals surface area (Å²) >= 11 is 17.6. The van der Waals surface area contributed by atoms with E-state index in [1.165, 1.54) is 13.8 Å². The molecule has 684 valence electrons. The lowest BCUT2D eigenvalue weighted by molar-refractivity contribution is -0.152. The van der Waals surface area contributed by atoms with Gasteiger partial charge in [0.25, 0.3) is 11.8 Å². The first-order valence-electron chi connectivity index (χ1n) is 40.7. The number of ketones is 3. The number of allylic oxidation sites excluding steroid dienone is 12. The Balaban J connectivity index is 0.000000604. The molecule has 4 amide bonds. The summed E-state index contributed by atoms with van der Waals surface area (Å²) in [6.07, 6.45) is 32.8. The van der Waals surface area contributed by atoms with Crippen LogP contribution in [0.5, 0.6) is 17.2 Å². The summed E-state index contributed by atoms with van der Waals surface area (Å²) in [5.74, 6) is 6.33. The van der Waals surface area contributed by atoms with Gasteiger partial charge in [-0.1, -0.05) is 201 Å². The zero-order valence-corrected chi connectivity index (χ0v) is 81.9. The Kier molecular flexibility index (Phi) is 62.0. The number of carboxylic acids is 1. The van der Waals surface area contributed by atoms with Crippen LogP contribution in [-0.4, -0.2) is 167 Å². The molecule has 6 aromatic rings. The van der Waals surface area contributed by atoms with Crippen LogP contribution in [0.3, 0.4) is 0 Å². The zero-order valence-electron chi connectivity index (χ0n) is 73.1. The number of amides is 4. The second-order valence-corrected chi connectivity index (χ2v) is 40.9. The fourth-order valence-corrected chi connectivity index (χ4v) is 16.6. The van der Waals surface area contributed by atoms with Gasteiger partial charge >= 0.3 is 12.1 Å². The maximum absolute atomic E-state index is 12.8. The maximum atomic E-state index is 12.8. The Morgan fingerprint density at radius 3 is 0.904 bits per heavy atom. The number of alkyl carbamates (subject to hydrolysis) is 1. The number of rotatable bonds is 52. The number of ether oxygens (including phenoxy) is 4. The number of halogens is 3. The van der Waals surface area contributed by atoms with E-state index >= 15 is 0 Å². The molecule has 0 saturated carbocycles. The van der Waals surface area contributed by atoms with Gasteiger partial charge in [-0.25, -0.2) is 9.59 Å². The maximum Gasteiger partial charge on any atom is 0.408 e. The van der Waals surface area contributed by atoms with E-state index < -0.39 is 28.4 Å². The summed E-state index contributed by atoms with van der Waals surface area (Å²) in [4.78, 5) is 96.9. The number of carboxylic acid groups (broad SMARTS) is 1. The number of nitrogens with two attached hydrogens (primary N) is 4.